The van der Waals surface area contributed by atoms with Crippen LogP contribution in [0.5, 0.6) is 0 Å². The zero-order valence-electron chi connectivity index (χ0n) is 13.1. The highest BCUT2D eigenvalue weighted by molar-refractivity contribution is 8.18. The van der Waals surface area contributed by atoms with Gasteiger partial charge in [0.05, 0.1) is 17.7 Å². The molecule has 0 spiro atoms. The number of amidine groups is 1. The number of carbonyl (C=O) groups excluding carboxylic acids is 2. The molecule has 1 aromatic carbocycles. The van der Waals surface area contributed by atoms with Gasteiger partial charge in [0.25, 0.3) is 5.91 Å². The second-order valence-electron chi connectivity index (χ2n) is 4.99. The molecule has 0 bridgehead atoms. The van der Waals surface area contributed by atoms with Crippen molar-refractivity contribution in [3.05, 3.63) is 41.3 Å². The molecule has 0 aliphatic carbocycles. The first-order chi connectivity index (χ1) is 11.0. The van der Waals surface area contributed by atoms with Crippen molar-refractivity contribution in [3.63, 3.8) is 0 Å². The van der Waals surface area contributed by atoms with E-state index in [1.54, 1.807) is 6.21 Å². The fraction of sp³-hybridized carbons (Fsp3) is 0.250. The van der Waals surface area contributed by atoms with Gasteiger partial charge in [0, 0.05) is 12.3 Å². The number of benzene rings is 1. The van der Waals surface area contributed by atoms with Crippen LogP contribution in [0.25, 0.3) is 0 Å². The van der Waals surface area contributed by atoms with Crippen LogP contribution in [-0.4, -0.2) is 35.4 Å². The van der Waals surface area contributed by atoms with Gasteiger partial charge in [0.1, 0.15) is 0 Å². The first kappa shape index (κ1) is 17.0. The van der Waals surface area contributed by atoms with Gasteiger partial charge in [0.2, 0.25) is 0 Å². The van der Waals surface area contributed by atoms with E-state index in [0.717, 1.165) is 17.8 Å². The molecule has 2 rings (SSSR count). The number of carbonyl (C=O) groups is 2. The van der Waals surface area contributed by atoms with Crippen molar-refractivity contribution in [2.75, 3.05) is 7.11 Å². The van der Waals surface area contributed by atoms with E-state index < -0.39 is 11.9 Å². The number of methoxy groups -OCH3 is 1. The van der Waals surface area contributed by atoms with Crippen molar-refractivity contribution in [3.8, 4) is 0 Å². The van der Waals surface area contributed by atoms with E-state index in [2.05, 4.69) is 14.8 Å². The molecule has 0 unspecified atom stereocenters. The SMILES string of the molecule is COC(=O)/C=C1\SC(=Nc2ccccc2)N(/N=C/C(C)C)C1=O. The smallest absolute Gasteiger partial charge is 0.331 e. The molecule has 1 aliphatic heterocycles. The molecule has 1 aliphatic rings. The molecule has 0 N–H and O–H groups in total. The van der Waals surface area contributed by atoms with Crippen molar-refractivity contribution in [1.29, 1.82) is 0 Å². The molecular weight excluding hydrogens is 314 g/mol. The highest BCUT2D eigenvalue weighted by Crippen LogP contribution is 2.32. The molecule has 1 heterocycles. The van der Waals surface area contributed by atoms with E-state index in [1.165, 1.54) is 12.1 Å². The lowest BCUT2D eigenvalue weighted by molar-refractivity contribution is -0.135. The maximum Gasteiger partial charge on any atom is 0.331 e. The molecule has 0 radical (unpaired) electrons. The van der Waals surface area contributed by atoms with Crippen LogP contribution >= 0.6 is 11.8 Å². The Morgan fingerprint density at radius 3 is 2.61 bits per heavy atom. The summed E-state index contributed by atoms with van der Waals surface area (Å²) in [6.07, 6.45) is 2.80. The summed E-state index contributed by atoms with van der Waals surface area (Å²) in [6.45, 7) is 3.91. The molecule has 1 aromatic rings. The summed E-state index contributed by atoms with van der Waals surface area (Å²) in [5.41, 5.74) is 0.701. The van der Waals surface area contributed by atoms with Gasteiger partial charge >= 0.3 is 5.97 Å². The second-order valence-corrected chi connectivity index (χ2v) is 6.00. The zero-order valence-corrected chi connectivity index (χ0v) is 13.9. The van der Waals surface area contributed by atoms with Crippen molar-refractivity contribution in [2.45, 2.75) is 13.8 Å². The van der Waals surface area contributed by atoms with E-state index in [9.17, 15) is 9.59 Å². The first-order valence-electron chi connectivity index (χ1n) is 7.01. The standard InChI is InChI=1S/C16H17N3O3S/c1-11(2)10-17-19-15(21)13(9-14(20)22-3)23-16(19)18-12-7-5-4-6-8-12/h4-11H,1-3H3/b13-9-,17-10+,18-16?. The minimum absolute atomic E-state index is 0.180. The Hall–Kier alpha value is -2.41. The van der Waals surface area contributed by atoms with Gasteiger partial charge in [-0.25, -0.2) is 9.79 Å². The van der Waals surface area contributed by atoms with Crippen molar-refractivity contribution < 1.29 is 14.3 Å². The molecule has 7 heteroatoms. The highest BCUT2D eigenvalue weighted by atomic mass is 32.2. The normalized spacial score (nSPS) is 18.6. The summed E-state index contributed by atoms with van der Waals surface area (Å²) < 4.78 is 4.57. The number of para-hydroxylation sites is 1. The van der Waals surface area contributed by atoms with Gasteiger partial charge < -0.3 is 4.74 Å². The molecule has 1 saturated heterocycles. The Bertz CT molecular complexity index is 681. The van der Waals surface area contributed by atoms with Crippen molar-refractivity contribution in [2.24, 2.45) is 16.0 Å². The van der Waals surface area contributed by atoms with E-state index in [-0.39, 0.29) is 10.8 Å². The third-order valence-electron chi connectivity index (χ3n) is 2.70. The average molecular weight is 331 g/mol. The molecule has 1 fully saturated rings. The molecule has 23 heavy (non-hydrogen) atoms. The minimum atomic E-state index is -0.588. The molecule has 0 atom stereocenters. The predicted molar refractivity (Wildman–Crippen MR) is 91.4 cm³/mol. The van der Waals surface area contributed by atoms with Crippen LogP contribution < -0.4 is 0 Å². The van der Waals surface area contributed by atoms with Gasteiger partial charge in [-0.1, -0.05) is 32.0 Å². The van der Waals surface area contributed by atoms with Gasteiger partial charge in [0.15, 0.2) is 5.17 Å². The Labute approximate surface area is 138 Å². The lowest BCUT2D eigenvalue weighted by atomic mass is 10.3. The lowest BCUT2D eigenvalue weighted by Gasteiger charge is -2.08. The number of nitrogens with zero attached hydrogens (tertiary/aromatic N) is 3. The number of hydrogen-bond acceptors (Lipinski definition) is 6. The largest absolute Gasteiger partial charge is 0.466 e. The summed E-state index contributed by atoms with van der Waals surface area (Å²) in [5, 5.41) is 5.78. The maximum atomic E-state index is 12.4. The van der Waals surface area contributed by atoms with Crippen LogP contribution in [0.1, 0.15) is 13.8 Å². The predicted octanol–water partition coefficient (Wildman–Crippen LogP) is 2.95. The number of hydrazone groups is 1. The molecule has 0 saturated carbocycles. The van der Waals surface area contributed by atoms with Crippen LogP contribution in [0, 0.1) is 5.92 Å². The van der Waals surface area contributed by atoms with E-state index in [4.69, 9.17) is 0 Å². The highest BCUT2D eigenvalue weighted by Gasteiger charge is 2.34. The van der Waals surface area contributed by atoms with Gasteiger partial charge in [-0.2, -0.15) is 10.1 Å². The fourth-order valence-electron chi connectivity index (χ4n) is 1.62. The molecular formula is C16H17N3O3S. The fourth-order valence-corrected chi connectivity index (χ4v) is 2.51. The van der Waals surface area contributed by atoms with Crippen molar-refractivity contribution in [1.82, 2.24) is 5.01 Å². The third kappa shape index (κ3) is 4.53. The first-order valence-corrected chi connectivity index (χ1v) is 7.82. The van der Waals surface area contributed by atoms with E-state index in [1.807, 2.05) is 44.2 Å². The van der Waals surface area contributed by atoms with E-state index in [0.29, 0.717) is 10.9 Å². The van der Waals surface area contributed by atoms with E-state index >= 15 is 0 Å². The molecule has 1 amide bonds. The molecule has 6 nitrogen and oxygen atoms in total. The Morgan fingerprint density at radius 1 is 1.30 bits per heavy atom. The molecule has 0 aromatic heterocycles. The van der Waals surface area contributed by atoms with Crippen LogP contribution in [0.3, 0.4) is 0 Å². The minimum Gasteiger partial charge on any atom is -0.466 e. The number of rotatable bonds is 4. The Morgan fingerprint density at radius 2 is 2.00 bits per heavy atom. The average Bonchev–Trinajstić information content (AvgIpc) is 2.81. The number of esters is 1. The van der Waals surface area contributed by atoms with Gasteiger partial charge in [-0.15, -0.1) is 0 Å². The van der Waals surface area contributed by atoms with Gasteiger partial charge in [-0.3, -0.25) is 4.79 Å². The Kier molecular flexibility index (Phi) is 5.70. The second kappa shape index (κ2) is 7.73. The number of thioether (sulfide) groups is 1. The lowest BCUT2D eigenvalue weighted by Crippen LogP contribution is -2.24. The summed E-state index contributed by atoms with van der Waals surface area (Å²) in [6, 6.07) is 9.24. The topological polar surface area (TPSA) is 71.3 Å². The molecule has 120 valence electrons. The summed E-state index contributed by atoms with van der Waals surface area (Å²) >= 11 is 1.09. The third-order valence-corrected chi connectivity index (χ3v) is 3.66. The van der Waals surface area contributed by atoms with Gasteiger partial charge in [-0.05, 0) is 29.8 Å². The maximum absolute atomic E-state index is 12.4. The number of aliphatic imine (C=N–C) groups is 1. The summed E-state index contributed by atoms with van der Waals surface area (Å²) in [4.78, 5) is 28.5. The Balaban J connectivity index is 2.37. The summed E-state index contributed by atoms with van der Waals surface area (Å²) in [5.74, 6) is -0.805. The van der Waals surface area contributed by atoms with Crippen LogP contribution in [-0.2, 0) is 14.3 Å². The van der Waals surface area contributed by atoms with Crippen LogP contribution in [0.2, 0.25) is 0 Å². The number of amides is 1. The van der Waals surface area contributed by atoms with Crippen LogP contribution in [0.15, 0.2) is 51.4 Å². The number of hydrogen-bond donors (Lipinski definition) is 0. The van der Waals surface area contributed by atoms with Crippen molar-refractivity contribution >= 4 is 40.7 Å². The summed E-state index contributed by atoms with van der Waals surface area (Å²) in [7, 11) is 1.26. The quantitative estimate of drug-likeness (QED) is 0.483. The zero-order chi connectivity index (χ0) is 16.8. The number of ether oxygens (including phenoxy) is 1. The monoisotopic (exact) mass is 331 g/mol. The van der Waals surface area contributed by atoms with Crippen LogP contribution in [0.4, 0.5) is 5.69 Å².